The summed E-state index contributed by atoms with van der Waals surface area (Å²) in [6, 6.07) is -0.400. The van der Waals surface area contributed by atoms with Crippen LogP contribution < -0.4 is 0 Å². The van der Waals surface area contributed by atoms with Crippen molar-refractivity contribution in [3.63, 3.8) is 0 Å². The quantitative estimate of drug-likeness (QED) is 0.618. The molecule has 2 heterocycles. The van der Waals surface area contributed by atoms with Gasteiger partial charge in [0.1, 0.15) is 29.8 Å². The molecule has 116 valence electrons. The molecule has 0 radical (unpaired) electrons. The molecule has 1 saturated heterocycles. The van der Waals surface area contributed by atoms with Crippen molar-refractivity contribution in [2.75, 3.05) is 6.61 Å². The third-order valence-corrected chi connectivity index (χ3v) is 5.09. The molecule has 6 heteroatoms. The lowest BCUT2D eigenvalue weighted by molar-refractivity contribution is -0.164. The summed E-state index contributed by atoms with van der Waals surface area (Å²) in [7, 11) is 0. The van der Waals surface area contributed by atoms with Crippen molar-refractivity contribution in [3.05, 3.63) is 0 Å². The summed E-state index contributed by atoms with van der Waals surface area (Å²) in [5.74, 6) is 0. The van der Waals surface area contributed by atoms with Gasteiger partial charge in [0.2, 0.25) is 0 Å². The number of ether oxygens (including phenoxy) is 1. The molecular weight excluding hydrogens is 278 g/mol. The van der Waals surface area contributed by atoms with Crippen molar-refractivity contribution in [3.8, 4) is 0 Å². The highest BCUT2D eigenvalue weighted by Crippen LogP contribution is 2.37. The van der Waals surface area contributed by atoms with Crippen LogP contribution in [0.25, 0.3) is 0 Å². The SMILES string of the molecule is CCCCCCCC1=NC2C(O[C@H](CO)[C@@H](O)[C@@H]2O)S1. The highest BCUT2D eigenvalue weighted by Gasteiger charge is 2.47. The molecule has 5 nitrogen and oxygen atoms in total. The Labute approximate surface area is 124 Å². The van der Waals surface area contributed by atoms with Gasteiger partial charge in [-0.3, -0.25) is 4.99 Å². The zero-order valence-corrected chi connectivity index (χ0v) is 12.8. The fourth-order valence-corrected chi connectivity index (χ4v) is 3.91. The van der Waals surface area contributed by atoms with Crippen molar-refractivity contribution in [2.24, 2.45) is 4.99 Å². The molecule has 1 fully saturated rings. The average Bonchev–Trinajstić information content (AvgIpc) is 2.85. The van der Waals surface area contributed by atoms with Crippen LogP contribution in [0.15, 0.2) is 4.99 Å². The first-order valence-electron chi connectivity index (χ1n) is 7.53. The number of aliphatic hydroxyl groups is 3. The van der Waals surface area contributed by atoms with E-state index in [0.717, 1.165) is 17.9 Å². The van der Waals surface area contributed by atoms with Gasteiger partial charge in [-0.2, -0.15) is 0 Å². The molecule has 20 heavy (non-hydrogen) atoms. The second-order valence-electron chi connectivity index (χ2n) is 5.50. The van der Waals surface area contributed by atoms with Crippen molar-refractivity contribution in [2.45, 2.75) is 75.2 Å². The number of rotatable bonds is 7. The number of hydrogen-bond acceptors (Lipinski definition) is 6. The molecule has 0 amide bonds. The molecule has 0 aromatic rings. The van der Waals surface area contributed by atoms with E-state index in [-0.39, 0.29) is 12.0 Å². The highest BCUT2D eigenvalue weighted by molar-refractivity contribution is 8.14. The summed E-state index contributed by atoms with van der Waals surface area (Å²) in [5.41, 5.74) is -0.267. The van der Waals surface area contributed by atoms with Gasteiger partial charge in [0, 0.05) is 0 Å². The van der Waals surface area contributed by atoms with Gasteiger partial charge < -0.3 is 20.1 Å². The maximum atomic E-state index is 10.0. The summed E-state index contributed by atoms with van der Waals surface area (Å²) in [6.07, 6.45) is 4.27. The van der Waals surface area contributed by atoms with Gasteiger partial charge in [-0.15, -0.1) is 0 Å². The van der Waals surface area contributed by atoms with Gasteiger partial charge in [0.15, 0.2) is 0 Å². The number of fused-ring (bicyclic) bond motifs is 1. The molecule has 2 aliphatic heterocycles. The van der Waals surface area contributed by atoms with Gasteiger partial charge in [0.25, 0.3) is 0 Å². The van der Waals surface area contributed by atoms with Crippen LogP contribution in [0.2, 0.25) is 0 Å². The lowest BCUT2D eigenvalue weighted by Crippen LogP contribution is -2.55. The van der Waals surface area contributed by atoms with Crippen LogP contribution in [-0.2, 0) is 4.74 Å². The molecule has 0 aliphatic carbocycles. The van der Waals surface area contributed by atoms with Gasteiger partial charge in [-0.25, -0.2) is 0 Å². The van der Waals surface area contributed by atoms with E-state index >= 15 is 0 Å². The van der Waals surface area contributed by atoms with Crippen LogP contribution in [-0.4, -0.2) is 56.8 Å². The van der Waals surface area contributed by atoms with Crippen molar-refractivity contribution in [1.29, 1.82) is 0 Å². The Balaban J connectivity index is 1.81. The van der Waals surface area contributed by atoms with Crippen LogP contribution in [0.1, 0.15) is 45.4 Å². The first kappa shape index (κ1) is 16.2. The molecular formula is C14H25NO4S. The van der Waals surface area contributed by atoms with E-state index < -0.39 is 24.4 Å². The molecule has 0 bridgehead atoms. The Morgan fingerprint density at radius 2 is 1.90 bits per heavy atom. The predicted octanol–water partition coefficient (Wildman–Crippen LogP) is 1.30. The van der Waals surface area contributed by atoms with E-state index in [1.165, 1.54) is 37.4 Å². The molecule has 0 aromatic carbocycles. The van der Waals surface area contributed by atoms with E-state index in [0.29, 0.717) is 0 Å². The van der Waals surface area contributed by atoms with Gasteiger partial charge in [-0.1, -0.05) is 44.4 Å². The largest absolute Gasteiger partial charge is 0.394 e. The zero-order chi connectivity index (χ0) is 14.5. The average molecular weight is 303 g/mol. The van der Waals surface area contributed by atoms with Crippen LogP contribution in [0, 0.1) is 0 Å². The molecule has 0 spiro atoms. The third-order valence-electron chi connectivity index (χ3n) is 3.89. The number of hydrogen-bond donors (Lipinski definition) is 3. The van der Waals surface area contributed by atoms with Crippen molar-refractivity contribution < 1.29 is 20.1 Å². The highest BCUT2D eigenvalue weighted by atomic mass is 32.2. The monoisotopic (exact) mass is 303 g/mol. The summed E-state index contributed by atoms with van der Waals surface area (Å²) < 4.78 is 5.61. The van der Waals surface area contributed by atoms with Crippen LogP contribution in [0.3, 0.4) is 0 Å². The number of aliphatic hydroxyl groups excluding tert-OH is 3. The minimum Gasteiger partial charge on any atom is -0.394 e. The van der Waals surface area contributed by atoms with E-state index in [9.17, 15) is 10.2 Å². The summed E-state index contributed by atoms with van der Waals surface area (Å²) in [5, 5.41) is 30.0. The lowest BCUT2D eigenvalue weighted by Gasteiger charge is -2.37. The topological polar surface area (TPSA) is 82.3 Å². The van der Waals surface area contributed by atoms with Crippen molar-refractivity contribution >= 4 is 16.8 Å². The second kappa shape index (κ2) is 7.75. The summed E-state index contributed by atoms with van der Waals surface area (Å²) in [4.78, 5) is 4.49. The number of thioether (sulfide) groups is 1. The Kier molecular flexibility index (Phi) is 6.29. The maximum Gasteiger partial charge on any atom is 0.134 e. The van der Waals surface area contributed by atoms with E-state index in [1.807, 2.05) is 0 Å². The summed E-state index contributed by atoms with van der Waals surface area (Å²) in [6.45, 7) is 1.91. The molecule has 2 aliphatic rings. The first-order valence-corrected chi connectivity index (χ1v) is 8.41. The maximum absolute atomic E-state index is 10.0. The normalized spacial score (nSPS) is 36.8. The van der Waals surface area contributed by atoms with E-state index in [4.69, 9.17) is 9.84 Å². The molecule has 2 rings (SSSR count). The Morgan fingerprint density at radius 3 is 2.60 bits per heavy atom. The summed E-state index contributed by atoms with van der Waals surface area (Å²) >= 11 is 1.53. The molecule has 5 atom stereocenters. The van der Waals surface area contributed by atoms with Crippen LogP contribution >= 0.6 is 11.8 Å². The zero-order valence-electron chi connectivity index (χ0n) is 11.9. The fourth-order valence-electron chi connectivity index (χ4n) is 2.64. The van der Waals surface area contributed by atoms with E-state index in [1.54, 1.807) is 0 Å². The fraction of sp³-hybridized carbons (Fsp3) is 0.929. The second-order valence-corrected chi connectivity index (χ2v) is 6.67. The third kappa shape index (κ3) is 3.74. The smallest absolute Gasteiger partial charge is 0.134 e. The minimum atomic E-state index is -1.06. The van der Waals surface area contributed by atoms with Crippen molar-refractivity contribution in [1.82, 2.24) is 0 Å². The molecule has 0 saturated carbocycles. The van der Waals surface area contributed by atoms with Gasteiger partial charge in [0.05, 0.1) is 11.7 Å². The molecule has 3 N–H and O–H groups in total. The Hall–Kier alpha value is -0.140. The Morgan fingerprint density at radius 1 is 1.15 bits per heavy atom. The number of unbranched alkanes of at least 4 members (excludes halogenated alkanes) is 4. The Bertz CT molecular complexity index is 339. The molecule has 0 aromatic heterocycles. The van der Waals surface area contributed by atoms with Crippen LogP contribution in [0.4, 0.5) is 0 Å². The molecule has 2 unspecified atom stereocenters. The standard InChI is InChI=1S/C14H25NO4S/c1-2-3-4-5-6-7-10-15-11-13(18)12(17)9(8-16)19-14(11)20-10/h9,11-14,16-18H,2-8H2,1H3/t9-,11?,12-,13-,14?/m1/s1. The predicted molar refractivity (Wildman–Crippen MR) is 80.0 cm³/mol. The number of nitrogens with zero attached hydrogens (tertiary/aromatic N) is 1. The van der Waals surface area contributed by atoms with Gasteiger partial charge in [-0.05, 0) is 12.8 Å². The van der Waals surface area contributed by atoms with Gasteiger partial charge >= 0.3 is 0 Å². The minimum absolute atomic E-state index is 0.267. The van der Waals surface area contributed by atoms with Crippen LogP contribution in [0.5, 0.6) is 0 Å². The lowest BCUT2D eigenvalue weighted by atomic mass is 9.99. The van der Waals surface area contributed by atoms with E-state index in [2.05, 4.69) is 11.9 Å². The number of aliphatic imine (C=N–C) groups is 1. The first-order chi connectivity index (χ1) is 9.67.